The molecule has 1 unspecified atom stereocenters. The largest absolute Gasteiger partial charge is 0.356 e. The molecule has 1 aromatic rings. The van der Waals surface area contributed by atoms with E-state index in [0.29, 0.717) is 24.5 Å². The summed E-state index contributed by atoms with van der Waals surface area (Å²) in [6, 6.07) is 5.94. The SMILES string of the molecule is O=C(CC1CCCCN1S(=O)(=O)c1ccc(Cl)cc1)NCCC1=CCCCC1. The van der Waals surface area contributed by atoms with Crippen molar-refractivity contribution in [2.24, 2.45) is 0 Å². The molecule has 2 aliphatic rings. The van der Waals surface area contributed by atoms with Crippen LogP contribution in [0.4, 0.5) is 0 Å². The van der Waals surface area contributed by atoms with Crippen LogP contribution < -0.4 is 5.32 Å². The van der Waals surface area contributed by atoms with E-state index in [1.54, 1.807) is 12.1 Å². The Balaban J connectivity index is 1.58. The molecule has 28 heavy (non-hydrogen) atoms. The molecule has 0 aromatic heterocycles. The van der Waals surface area contributed by atoms with Gasteiger partial charge in [-0.3, -0.25) is 4.79 Å². The average molecular weight is 425 g/mol. The third kappa shape index (κ3) is 5.58. The van der Waals surface area contributed by atoms with Gasteiger partial charge in [-0.05, 0) is 69.2 Å². The van der Waals surface area contributed by atoms with Crippen LogP contribution in [-0.2, 0) is 14.8 Å². The standard InChI is InChI=1S/C21H29ClN2O3S/c22-18-9-11-20(12-10-18)28(26,27)24-15-5-4-8-19(24)16-21(25)23-14-13-17-6-2-1-3-7-17/h6,9-12,19H,1-5,7-8,13-16H2,(H,23,25). The average Bonchev–Trinajstić information content (AvgIpc) is 2.69. The second kappa shape index (κ2) is 9.90. The highest BCUT2D eigenvalue weighted by atomic mass is 35.5. The third-order valence-electron chi connectivity index (χ3n) is 5.57. The number of amides is 1. The number of allylic oxidation sites excluding steroid dienone is 1. The summed E-state index contributed by atoms with van der Waals surface area (Å²) in [6.07, 6.45) is 10.6. The summed E-state index contributed by atoms with van der Waals surface area (Å²) in [7, 11) is -3.63. The molecular weight excluding hydrogens is 396 g/mol. The van der Waals surface area contributed by atoms with Gasteiger partial charge in [0.15, 0.2) is 0 Å². The van der Waals surface area contributed by atoms with Crippen LogP contribution in [0.1, 0.15) is 57.8 Å². The van der Waals surface area contributed by atoms with Gasteiger partial charge in [-0.1, -0.05) is 29.7 Å². The molecule has 1 aliphatic carbocycles. The first-order valence-corrected chi connectivity index (χ1v) is 12.0. The van der Waals surface area contributed by atoms with Gasteiger partial charge in [-0.25, -0.2) is 8.42 Å². The monoisotopic (exact) mass is 424 g/mol. The summed E-state index contributed by atoms with van der Waals surface area (Å²) >= 11 is 5.88. The molecule has 0 bridgehead atoms. The van der Waals surface area contributed by atoms with E-state index in [2.05, 4.69) is 11.4 Å². The topological polar surface area (TPSA) is 66.5 Å². The van der Waals surface area contributed by atoms with Crippen molar-refractivity contribution in [2.75, 3.05) is 13.1 Å². The molecule has 154 valence electrons. The van der Waals surface area contributed by atoms with Crippen molar-refractivity contribution in [1.82, 2.24) is 9.62 Å². The van der Waals surface area contributed by atoms with Gasteiger partial charge >= 0.3 is 0 Å². The molecule has 3 rings (SSSR count). The molecule has 0 spiro atoms. The molecule has 1 atom stereocenters. The molecule has 1 aromatic carbocycles. The van der Waals surface area contributed by atoms with Crippen LogP contribution in [0.3, 0.4) is 0 Å². The smallest absolute Gasteiger partial charge is 0.243 e. The fraction of sp³-hybridized carbons (Fsp3) is 0.571. The zero-order chi connectivity index (χ0) is 20.0. The number of carbonyl (C=O) groups excluding carboxylic acids is 1. The Hall–Kier alpha value is -1.37. The zero-order valence-electron chi connectivity index (χ0n) is 16.2. The van der Waals surface area contributed by atoms with Crippen molar-refractivity contribution in [3.05, 3.63) is 40.9 Å². The van der Waals surface area contributed by atoms with Crippen molar-refractivity contribution in [3.8, 4) is 0 Å². The first-order valence-electron chi connectivity index (χ1n) is 10.2. The summed E-state index contributed by atoms with van der Waals surface area (Å²) in [6.45, 7) is 1.08. The number of piperidine rings is 1. The Kier molecular flexibility index (Phi) is 7.55. The Bertz CT molecular complexity index is 805. The molecule has 1 aliphatic heterocycles. The maximum absolute atomic E-state index is 13.1. The Morgan fingerprint density at radius 1 is 1.14 bits per heavy atom. The van der Waals surface area contributed by atoms with E-state index in [0.717, 1.165) is 32.1 Å². The van der Waals surface area contributed by atoms with Gasteiger partial charge in [-0.15, -0.1) is 0 Å². The summed E-state index contributed by atoms with van der Waals surface area (Å²) in [5.41, 5.74) is 1.43. The molecule has 0 radical (unpaired) electrons. The van der Waals surface area contributed by atoms with Crippen molar-refractivity contribution in [2.45, 2.75) is 68.7 Å². The lowest BCUT2D eigenvalue weighted by molar-refractivity contribution is -0.122. The number of nitrogens with zero attached hydrogens (tertiary/aromatic N) is 1. The predicted molar refractivity (Wildman–Crippen MR) is 112 cm³/mol. The molecule has 7 heteroatoms. The summed E-state index contributed by atoms with van der Waals surface area (Å²) < 4.78 is 27.6. The van der Waals surface area contributed by atoms with Gasteiger partial charge in [-0.2, -0.15) is 4.31 Å². The van der Waals surface area contributed by atoms with Crippen LogP contribution >= 0.6 is 11.6 Å². The molecule has 1 N–H and O–H groups in total. The highest BCUT2D eigenvalue weighted by Gasteiger charge is 2.34. The Morgan fingerprint density at radius 2 is 1.93 bits per heavy atom. The quantitative estimate of drug-likeness (QED) is 0.664. The second-order valence-corrected chi connectivity index (χ2v) is 9.96. The summed E-state index contributed by atoms with van der Waals surface area (Å²) in [5.74, 6) is -0.0698. The van der Waals surface area contributed by atoms with Crippen LogP contribution in [0, 0.1) is 0 Å². The number of hydrogen-bond donors (Lipinski definition) is 1. The minimum atomic E-state index is -3.63. The minimum absolute atomic E-state index is 0.0698. The Morgan fingerprint density at radius 3 is 2.64 bits per heavy atom. The van der Waals surface area contributed by atoms with Crippen LogP contribution in [0.2, 0.25) is 5.02 Å². The van der Waals surface area contributed by atoms with Crippen LogP contribution in [-0.4, -0.2) is 37.8 Å². The van der Waals surface area contributed by atoms with Crippen LogP contribution in [0.25, 0.3) is 0 Å². The highest BCUT2D eigenvalue weighted by Crippen LogP contribution is 2.28. The van der Waals surface area contributed by atoms with Crippen molar-refractivity contribution >= 4 is 27.5 Å². The van der Waals surface area contributed by atoms with E-state index in [9.17, 15) is 13.2 Å². The van der Waals surface area contributed by atoms with Gasteiger partial charge in [0.25, 0.3) is 0 Å². The van der Waals surface area contributed by atoms with E-state index < -0.39 is 10.0 Å². The molecule has 1 fully saturated rings. The van der Waals surface area contributed by atoms with Crippen LogP contribution in [0.5, 0.6) is 0 Å². The van der Waals surface area contributed by atoms with E-state index in [4.69, 9.17) is 11.6 Å². The molecule has 1 heterocycles. The normalized spacial score (nSPS) is 21.2. The van der Waals surface area contributed by atoms with Crippen molar-refractivity contribution in [3.63, 3.8) is 0 Å². The van der Waals surface area contributed by atoms with Gasteiger partial charge < -0.3 is 5.32 Å². The molecular formula is C21H29ClN2O3S. The maximum atomic E-state index is 13.1. The minimum Gasteiger partial charge on any atom is -0.356 e. The lowest BCUT2D eigenvalue weighted by Gasteiger charge is -2.34. The first kappa shape index (κ1) is 21.3. The van der Waals surface area contributed by atoms with Crippen LogP contribution in [0.15, 0.2) is 40.8 Å². The summed E-state index contributed by atoms with van der Waals surface area (Å²) in [5, 5.41) is 3.48. The zero-order valence-corrected chi connectivity index (χ0v) is 17.8. The third-order valence-corrected chi connectivity index (χ3v) is 7.79. The second-order valence-electron chi connectivity index (χ2n) is 7.63. The van der Waals surface area contributed by atoms with Crippen molar-refractivity contribution in [1.29, 1.82) is 0 Å². The maximum Gasteiger partial charge on any atom is 0.243 e. The van der Waals surface area contributed by atoms with Gasteiger partial charge in [0.2, 0.25) is 15.9 Å². The number of carbonyl (C=O) groups is 1. The fourth-order valence-electron chi connectivity index (χ4n) is 4.02. The lowest BCUT2D eigenvalue weighted by Crippen LogP contribution is -2.46. The molecule has 5 nitrogen and oxygen atoms in total. The van der Waals surface area contributed by atoms with E-state index in [-0.39, 0.29) is 23.3 Å². The molecule has 0 saturated carbocycles. The van der Waals surface area contributed by atoms with E-state index >= 15 is 0 Å². The van der Waals surface area contributed by atoms with E-state index in [1.165, 1.54) is 34.9 Å². The van der Waals surface area contributed by atoms with Crippen molar-refractivity contribution < 1.29 is 13.2 Å². The fourth-order valence-corrected chi connectivity index (χ4v) is 5.84. The molecule has 1 amide bonds. The number of halogens is 1. The first-order chi connectivity index (χ1) is 13.5. The number of benzene rings is 1. The Labute approximate surface area is 173 Å². The number of rotatable bonds is 7. The number of sulfonamides is 1. The van der Waals surface area contributed by atoms with Gasteiger partial charge in [0.1, 0.15) is 0 Å². The van der Waals surface area contributed by atoms with Gasteiger partial charge in [0.05, 0.1) is 4.90 Å². The van der Waals surface area contributed by atoms with Gasteiger partial charge in [0, 0.05) is 30.6 Å². The van der Waals surface area contributed by atoms with E-state index in [1.807, 2.05) is 0 Å². The summed E-state index contributed by atoms with van der Waals surface area (Å²) in [4.78, 5) is 12.7. The number of nitrogens with one attached hydrogen (secondary N) is 1. The number of hydrogen-bond acceptors (Lipinski definition) is 3. The lowest BCUT2D eigenvalue weighted by atomic mass is 9.97. The molecule has 1 saturated heterocycles. The predicted octanol–water partition coefficient (Wildman–Crippen LogP) is 4.28. The highest BCUT2D eigenvalue weighted by molar-refractivity contribution is 7.89.